The lowest BCUT2D eigenvalue weighted by atomic mass is 9.95. The summed E-state index contributed by atoms with van der Waals surface area (Å²) in [6.45, 7) is 4.60. The third kappa shape index (κ3) is 4.71. The largest absolute Gasteiger partial charge is 0.507 e. The molecular formula is C24H28N2O6S. The van der Waals surface area contributed by atoms with E-state index in [2.05, 4.69) is 0 Å². The quantitative estimate of drug-likeness (QED) is 0.342. The second kappa shape index (κ2) is 10.3. The molecular weight excluding hydrogens is 444 g/mol. The van der Waals surface area contributed by atoms with Crippen LogP contribution < -0.4 is 0 Å². The van der Waals surface area contributed by atoms with Gasteiger partial charge in [-0.25, -0.2) is 8.42 Å². The summed E-state index contributed by atoms with van der Waals surface area (Å²) in [5.41, 5.74) is 0.885. The average Bonchev–Trinajstić information content (AvgIpc) is 3.08. The highest BCUT2D eigenvalue weighted by Gasteiger charge is 2.45. The highest BCUT2D eigenvalue weighted by atomic mass is 32.2. The van der Waals surface area contributed by atoms with E-state index in [1.807, 2.05) is 6.07 Å². The molecule has 8 nitrogen and oxygen atoms in total. The van der Waals surface area contributed by atoms with E-state index in [4.69, 9.17) is 4.74 Å². The number of carbonyl (C=O) groups excluding carboxylic acids is 2. The molecule has 33 heavy (non-hydrogen) atoms. The predicted molar refractivity (Wildman–Crippen MR) is 124 cm³/mol. The Morgan fingerprint density at radius 1 is 1.03 bits per heavy atom. The monoisotopic (exact) mass is 472 g/mol. The highest BCUT2D eigenvalue weighted by molar-refractivity contribution is 7.89. The number of sulfonamides is 1. The van der Waals surface area contributed by atoms with Crippen LogP contribution >= 0.6 is 0 Å². The van der Waals surface area contributed by atoms with Crippen LogP contribution in [-0.4, -0.2) is 67.8 Å². The Morgan fingerprint density at radius 3 is 2.18 bits per heavy atom. The van der Waals surface area contributed by atoms with E-state index in [1.165, 1.54) is 40.6 Å². The van der Waals surface area contributed by atoms with Crippen molar-refractivity contribution in [2.75, 3.05) is 33.4 Å². The lowest BCUT2D eigenvalue weighted by molar-refractivity contribution is -0.140. The third-order valence-electron chi connectivity index (χ3n) is 5.66. The van der Waals surface area contributed by atoms with Crippen LogP contribution in [0.1, 0.15) is 31.0 Å². The first kappa shape index (κ1) is 24.6. The van der Waals surface area contributed by atoms with E-state index in [-0.39, 0.29) is 34.9 Å². The minimum atomic E-state index is -3.66. The molecule has 0 unspecified atom stereocenters. The molecule has 1 aliphatic heterocycles. The van der Waals surface area contributed by atoms with Crippen LogP contribution in [0.5, 0.6) is 0 Å². The Labute approximate surface area is 194 Å². The standard InChI is InChI=1S/C24H28N2O6S/c1-4-25(5-2)33(30,31)19-13-11-18(12-14-19)22(27)20-21(17-9-7-6-8-10-17)26(15-16-32-3)24(29)23(20)28/h6-14,21,27H,4-5,15-16H2,1-3H3/b22-20+/t21-/m1/s1. The molecule has 9 heteroatoms. The number of rotatable bonds is 9. The number of aliphatic hydroxyl groups excluding tert-OH is 1. The number of methoxy groups -OCH3 is 1. The van der Waals surface area contributed by atoms with Gasteiger partial charge in [-0.05, 0) is 29.8 Å². The summed E-state index contributed by atoms with van der Waals surface area (Å²) in [7, 11) is -2.16. The maximum Gasteiger partial charge on any atom is 0.295 e. The minimum absolute atomic E-state index is 0.0401. The molecule has 1 amide bonds. The molecule has 1 atom stereocenters. The van der Waals surface area contributed by atoms with Crippen LogP contribution in [0.15, 0.2) is 65.1 Å². The van der Waals surface area contributed by atoms with Crippen molar-refractivity contribution in [1.29, 1.82) is 0 Å². The first-order valence-corrected chi connectivity index (χ1v) is 12.1. The average molecular weight is 473 g/mol. The van der Waals surface area contributed by atoms with Crippen LogP contribution in [0.25, 0.3) is 5.76 Å². The molecule has 0 radical (unpaired) electrons. The van der Waals surface area contributed by atoms with Crippen molar-refractivity contribution in [3.63, 3.8) is 0 Å². The Balaban J connectivity index is 2.07. The molecule has 1 heterocycles. The minimum Gasteiger partial charge on any atom is -0.507 e. The van der Waals surface area contributed by atoms with E-state index < -0.39 is 27.8 Å². The fourth-order valence-corrected chi connectivity index (χ4v) is 5.39. The summed E-state index contributed by atoms with van der Waals surface area (Å²) < 4.78 is 31.9. The topological polar surface area (TPSA) is 104 Å². The van der Waals surface area contributed by atoms with Gasteiger partial charge in [0.15, 0.2) is 0 Å². The molecule has 0 saturated carbocycles. The van der Waals surface area contributed by atoms with Gasteiger partial charge in [0.25, 0.3) is 11.7 Å². The van der Waals surface area contributed by atoms with Gasteiger partial charge in [-0.1, -0.05) is 44.2 Å². The summed E-state index contributed by atoms with van der Waals surface area (Å²) in [5, 5.41) is 11.1. The van der Waals surface area contributed by atoms with Gasteiger partial charge in [0.1, 0.15) is 5.76 Å². The molecule has 2 aromatic carbocycles. The zero-order valence-electron chi connectivity index (χ0n) is 18.9. The molecule has 3 rings (SSSR count). The van der Waals surface area contributed by atoms with Gasteiger partial charge in [0.2, 0.25) is 10.0 Å². The number of nitrogens with zero attached hydrogens (tertiary/aromatic N) is 2. The number of aliphatic hydroxyl groups is 1. The fraction of sp³-hybridized carbons (Fsp3) is 0.333. The number of hydrogen-bond acceptors (Lipinski definition) is 6. The van der Waals surface area contributed by atoms with Gasteiger partial charge in [-0.15, -0.1) is 0 Å². The van der Waals surface area contributed by atoms with E-state index in [1.54, 1.807) is 38.1 Å². The van der Waals surface area contributed by atoms with Crippen LogP contribution in [0.2, 0.25) is 0 Å². The van der Waals surface area contributed by atoms with Gasteiger partial charge >= 0.3 is 0 Å². The second-order valence-corrected chi connectivity index (χ2v) is 9.45. The van der Waals surface area contributed by atoms with Crippen LogP contribution in [0.4, 0.5) is 0 Å². The first-order valence-electron chi connectivity index (χ1n) is 10.7. The Kier molecular flexibility index (Phi) is 7.68. The lowest BCUT2D eigenvalue weighted by Crippen LogP contribution is -2.32. The Hall–Kier alpha value is -3.01. The summed E-state index contributed by atoms with van der Waals surface area (Å²) in [6.07, 6.45) is 0. The van der Waals surface area contributed by atoms with Crippen molar-refractivity contribution in [2.24, 2.45) is 0 Å². The van der Waals surface area contributed by atoms with Crippen molar-refractivity contribution >= 4 is 27.5 Å². The number of carbonyl (C=O) groups is 2. The zero-order chi connectivity index (χ0) is 24.2. The number of amides is 1. The SMILES string of the molecule is CCN(CC)S(=O)(=O)c1ccc(/C(O)=C2\C(=O)C(=O)N(CCOC)[C@@H]2c2ccccc2)cc1. The van der Waals surface area contributed by atoms with Crippen molar-refractivity contribution in [3.05, 3.63) is 71.3 Å². The number of Topliss-reactive ketones (excluding diaryl/α,β-unsaturated/α-hetero) is 1. The van der Waals surface area contributed by atoms with E-state index in [0.717, 1.165) is 0 Å². The Morgan fingerprint density at radius 2 is 1.64 bits per heavy atom. The van der Waals surface area contributed by atoms with Gasteiger partial charge in [-0.2, -0.15) is 4.31 Å². The molecule has 1 fully saturated rings. The smallest absolute Gasteiger partial charge is 0.295 e. The first-order chi connectivity index (χ1) is 15.8. The van der Waals surface area contributed by atoms with Crippen LogP contribution in [0.3, 0.4) is 0 Å². The van der Waals surface area contributed by atoms with Crippen molar-refractivity contribution in [3.8, 4) is 0 Å². The summed E-state index contributed by atoms with van der Waals surface area (Å²) in [4.78, 5) is 27.1. The molecule has 176 valence electrons. The van der Waals surface area contributed by atoms with E-state index >= 15 is 0 Å². The van der Waals surface area contributed by atoms with Gasteiger partial charge in [-0.3, -0.25) is 9.59 Å². The fourth-order valence-electron chi connectivity index (χ4n) is 3.94. The van der Waals surface area contributed by atoms with Gasteiger partial charge < -0.3 is 14.7 Å². The molecule has 2 aromatic rings. The highest BCUT2D eigenvalue weighted by Crippen LogP contribution is 2.39. The summed E-state index contributed by atoms with van der Waals surface area (Å²) >= 11 is 0. The Bertz CT molecular complexity index is 1140. The number of hydrogen-bond donors (Lipinski definition) is 1. The summed E-state index contributed by atoms with van der Waals surface area (Å²) in [6, 6.07) is 13.8. The van der Waals surface area contributed by atoms with Crippen molar-refractivity contribution in [1.82, 2.24) is 9.21 Å². The summed E-state index contributed by atoms with van der Waals surface area (Å²) in [5.74, 6) is -1.87. The van der Waals surface area contributed by atoms with Crippen LogP contribution in [-0.2, 0) is 24.3 Å². The maximum atomic E-state index is 12.9. The molecule has 0 bridgehead atoms. The van der Waals surface area contributed by atoms with Gasteiger partial charge in [0.05, 0.1) is 23.1 Å². The molecule has 0 aliphatic carbocycles. The lowest BCUT2D eigenvalue weighted by Gasteiger charge is -2.25. The predicted octanol–water partition coefficient (Wildman–Crippen LogP) is 2.79. The molecule has 0 spiro atoms. The molecule has 1 N–H and O–H groups in total. The molecule has 0 aromatic heterocycles. The number of ether oxygens (including phenoxy) is 1. The number of ketones is 1. The van der Waals surface area contributed by atoms with Gasteiger partial charge in [0, 0.05) is 32.3 Å². The third-order valence-corrected chi connectivity index (χ3v) is 7.73. The number of benzene rings is 2. The molecule has 1 saturated heterocycles. The van der Waals surface area contributed by atoms with Crippen molar-refractivity contribution in [2.45, 2.75) is 24.8 Å². The zero-order valence-corrected chi connectivity index (χ0v) is 19.7. The van der Waals surface area contributed by atoms with Crippen LogP contribution in [0, 0.1) is 0 Å². The maximum absolute atomic E-state index is 12.9. The molecule has 1 aliphatic rings. The van der Waals surface area contributed by atoms with E-state index in [0.29, 0.717) is 18.7 Å². The number of likely N-dealkylation sites (tertiary alicyclic amines) is 1. The van der Waals surface area contributed by atoms with Crippen molar-refractivity contribution < 1.29 is 27.9 Å². The second-order valence-electron chi connectivity index (χ2n) is 7.51. The normalized spacial score (nSPS) is 18.3. The van der Waals surface area contributed by atoms with E-state index in [9.17, 15) is 23.1 Å².